The van der Waals surface area contributed by atoms with E-state index < -0.39 is 0 Å². The Morgan fingerprint density at radius 2 is 2.11 bits per heavy atom. The Morgan fingerprint density at radius 3 is 2.61 bits per heavy atom. The van der Waals surface area contributed by atoms with Crippen LogP contribution < -0.4 is 27.6 Å². The highest BCUT2D eigenvalue weighted by atomic mass is 16.5. The third-order valence-electron chi connectivity index (χ3n) is 2.39. The number of nitrogens with zero attached hydrogens (tertiary/aromatic N) is 1. The Morgan fingerprint density at radius 1 is 1.44 bits per heavy atom. The Hall–Kier alpha value is -2.05. The minimum Gasteiger partial charge on any atom is -0.490 e. The van der Waals surface area contributed by atoms with Gasteiger partial charge in [0.2, 0.25) is 0 Å². The molecule has 0 amide bonds. The number of hydrazone groups is 1. The molecule has 18 heavy (non-hydrogen) atoms. The lowest BCUT2D eigenvalue weighted by atomic mass is 10.1. The average molecular weight is 249 g/mol. The maximum Gasteiger partial charge on any atom is 0.153 e. The van der Waals surface area contributed by atoms with Crippen molar-refractivity contribution in [2.24, 2.45) is 22.5 Å². The Bertz CT molecular complexity index is 401. The molecule has 0 aromatic heterocycles. The van der Waals surface area contributed by atoms with Crippen molar-refractivity contribution in [2.45, 2.75) is 12.5 Å². The predicted molar refractivity (Wildman–Crippen MR) is 72.8 cm³/mol. The van der Waals surface area contributed by atoms with Gasteiger partial charge in [0.1, 0.15) is 12.4 Å². The lowest BCUT2D eigenvalue weighted by Crippen LogP contribution is -2.46. The van der Waals surface area contributed by atoms with Gasteiger partial charge in [-0.25, -0.2) is 5.84 Å². The second-order valence-electron chi connectivity index (χ2n) is 3.71. The standard InChI is InChI=1S/C12H19N5O/c1-2-7-18-10-5-3-9(4-6-10)8-11(13)12(16-14)17-15/h2-6,11H,1,7-8,13-15H2,(H,16,17). The van der Waals surface area contributed by atoms with Gasteiger partial charge in [0.25, 0.3) is 0 Å². The lowest BCUT2D eigenvalue weighted by molar-refractivity contribution is 0.363. The molecule has 0 spiro atoms. The van der Waals surface area contributed by atoms with Gasteiger partial charge in [0, 0.05) is 0 Å². The molecule has 0 heterocycles. The van der Waals surface area contributed by atoms with Gasteiger partial charge in [-0.1, -0.05) is 24.8 Å². The molecule has 0 saturated heterocycles. The van der Waals surface area contributed by atoms with Crippen molar-refractivity contribution in [3.8, 4) is 5.75 Å². The van der Waals surface area contributed by atoms with E-state index in [1.54, 1.807) is 6.08 Å². The first-order valence-corrected chi connectivity index (χ1v) is 5.53. The van der Waals surface area contributed by atoms with E-state index in [9.17, 15) is 0 Å². The summed E-state index contributed by atoms with van der Waals surface area (Å²) in [6.07, 6.45) is 2.28. The highest BCUT2D eigenvalue weighted by Crippen LogP contribution is 2.13. The summed E-state index contributed by atoms with van der Waals surface area (Å²) >= 11 is 0. The van der Waals surface area contributed by atoms with Gasteiger partial charge in [0.05, 0.1) is 6.04 Å². The van der Waals surface area contributed by atoms with Gasteiger partial charge >= 0.3 is 0 Å². The van der Waals surface area contributed by atoms with Gasteiger partial charge in [-0.05, 0) is 24.1 Å². The summed E-state index contributed by atoms with van der Waals surface area (Å²) in [6, 6.07) is 7.26. The second-order valence-corrected chi connectivity index (χ2v) is 3.71. The highest BCUT2D eigenvalue weighted by molar-refractivity contribution is 5.86. The number of ether oxygens (including phenoxy) is 1. The summed E-state index contributed by atoms with van der Waals surface area (Å²) in [5.74, 6) is 11.6. The fourth-order valence-corrected chi connectivity index (χ4v) is 1.47. The Kier molecular flexibility index (Phi) is 5.69. The van der Waals surface area contributed by atoms with Gasteiger partial charge in [-0.15, -0.1) is 0 Å². The monoisotopic (exact) mass is 249 g/mol. The quantitative estimate of drug-likeness (QED) is 0.184. The minimum atomic E-state index is -0.361. The van der Waals surface area contributed by atoms with E-state index in [1.807, 2.05) is 24.3 Å². The van der Waals surface area contributed by atoms with Crippen LogP contribution in [0.5, 0.6) is 5.75 Å². The molecule has 6 nitrogen and oxygen atoms in total. The molecule has 7 N–H and O–H groups in total. The largest absolute Gasteiger partial charge is 0.490 e. The number of amidine groups is 1. The van der Waals surface area contributed by atoms with Crippen LogP contribution in [0.15, 0.2) is 42.0 Å². The van der Waals surface area contributed by atoms with E-state index in [0.717, 1.165) is 11.3 Å². The Balaban J connectivity index is 2.60. The van der Waals surface area contributed by atoms with Crippen molar-refractivity contribution in [1.82, 2.24) is 5.43 Å². The molecular weight excluding hydrogens is 230 g/mol. The highest BCUT2D eigenvalue weighted by Gasteiger charge is 2.10. The van der Waals surface area contributed by atoms with Gasteiger partial charge in [-0.2, -0.15) is 5.10 Å². The van der Waals surface area contributed by atoms with E-state index in [1.165, 1.54) is 0 Å². The zero-order chi connectivity index (χ0) is 13.4. The third-order valence-corrected chi connectivity index (χ3v) is 2.39. The molecule has 1 rings (SSSR count). The molecule has 1 unspecified atom stereocenters. The van der Waals surface area contributed by atoms with Gasteiger partial charge < -0.3 is 21.7 Å². The number of hydrogen-bond donors (Lipinski definition) is 4. The van der Waals surface area contributed by atoms with Crippen molar-refractivity contribution in [3.63, 3.8) is 0 Å². The minimum absolute atomic E-state index is 0.361. The number of benzene rings is 1. The molecule has 1 aromatic carbocycles. The van der Waals surface area contributed by atoms with Gasteiger partial charge in [0.15, 0.2) is 5.84 Å². The molecule has 98 valence electrons. The van der Waals surface area contributed by atoms with Crippen LogP contribution in [0.25, 0.3) is 0 Å². The first-order chi connectivity index (χ1) is 8.71. The van der Waals surface area contributed by atoms with Crippen LogP contribution in [0.4, 0.5) is 0 Å². The van der Waals surface area contributed by atoms with Crippen molar-refractivity contribution in [3.05, 3.63) is 42.5 Å². The van der Waals surface area contributed by atoms with Crippen molar-refractivity contribution >= 4 is 5.84 Å². The number of hydrazine groups is 1. The molecule has 0 bridgehead atoms. The number of nitrogens with one attached hydrogen (secondary N) is 1. The number of rotatable bonds is 6. The summed E-state index contributed by atoms with van der Waals surface area (Å²) in [7, 11) is 0. The summed E-state index contributed by atoms with van der Waals surface area (Å²) in [5.41, 5.74) is 9.31. The third kappa shape index (κ3) is 4.08. The predicted octanol–water partition coefficient (Wildman–Crippen LogP) is -0.143. The summed E-state index contributed by atoms with van der Waals surface area (Å²) in [5, 5.41) is 3.48. The summed E-state index contributed by atoms with van der Waals surface area (Å²) < 4.78 is 5.38. The van der Waals surface area contributed by atoms with E-state index in [2.05, 4.69) is 17.1 Å². The van der Waals surface area contributed by atoms with Crippen molar-refractivity contribution in [1.29, 1.82) is 0 Å². The number of nitrogens with two attached hydrogens (primary N) is 3. The maximum absolute atomic E-state index is 5.89. The molecule has 1 aromatic rings. The summed E-state index contributed by atoms with van der Waals surface area (Å²) in [6.45, 7) is 4.07. The lowest BCUT2D eigenvalue weighted by Gasteiger charge is -2.13. The van der Waals surface area contributed by atoms with E-state index >= 15 is 0 Å². The van der Waals surface area contributed by atoms with E-state index in [0.29, 0.717) is 18.9 Å². The van der Waals surface area contributed by atoms with Crippen LogP contribution in [0.1, 0.15) is 5.56 Å². The first-order valence-electron chi connectivity index (χ1n) is 5.53. The van der Waals surface area contributed by atoms with Gasteiger partial charge in [-0.3, -0.25) is 0 Å². The number of hydrogen-bond acceptors (Lipinski definition) is 5. The molecule has 0 aliphatic heterocycles. The molecule has 0 aliphatic rings. The molecule has 0 saturated carbocycles. The van der Waals surface area contributed by atoms with E-state index in [4.69, 9.17) is 22.2 Å². The van der Waals surface area contributed by atoms with Crippen LogP contribution >= 0.6 is 0 Å². The van der Waals surface area contributed by atoms with Crippen LogP contribution in [-0.4, -0.2) is 18.5 Å². The zero-order valence-electron chi connectivity index (χ0n) is 10.2. The van der Waals surface area contributed by atoms with E-state index in [-0.39, 0.29) is 6.04 Å². The van der Waals surface area contributed by atoms with Crippen LogP contribution in [-0.2, 0) is 6.42 Å². The first kappa shape index (κ1) is 14.0. The van der Waals surface area contributed by atoms with Crippen LogP contribution in [0.2, 0.25) is 0 Å². The zero-order valence-corrected chi connectivity index (χ0v) is 10.2. The molecular formula is C12H19N5O. The smallest absolute Gasteiger partial charge is 0.153 e. The van der Waals surface area contributed by atoms with Crippen molar-refractivity contribution < 1.29 is 4.74 Å². The topological polar surface area (TPSA) is 112 Å². The average Bonchev–Trinajstić information content (AvgIpc) is 2.39. The SMILES string of the molecule is C=CCOc1ccc(CC(N)/C(=N/N)NN)cc1. The molecule has 6 heteroatoms. The second kappa shape index (κ2) is 7.31. The van der Waals surface area contributed by atoms with Crippen LogP contribution in [0.3, 0.4) is 0 Å². The normalized spacial score (nSPS) is 12.9. The van der Waals surface area contributed by atoms with Crippen molar-refractivity contribution in [2.75, 3.05) is 6.61 Å². The fraction of sp³-hybridized carbons (Fsp3) is 0.250. The molecule has 0 radical (unpaired) electrons. The Labute approximate surface area is 106 Å². The van der Waals surface area contributed by atoms with Crippen LogP contribution in [0, 0.1) is 0 Å². The fourth-order valence-electron chi connectivity index (χ4n) is 1.47. The molecule has 0 fully saturated rings. The molecule has 1 atom stereocenters. The molecule has 0 aliphatic carbocycles. The summed E-state index contributed by atoms with van der Waals surface area (Å²) in [4.78, 5) is 0. The maximum atomic E-state index is 5.89.